The van der Waals surface area contributed by atoms with Crippen LogP contribution in [0.25, 0.3) is 12.2 Å². The number of hydrogen-bond acceptors (Lipinski definition) is 9. The van der Waals surface area contributed by atoms with Crippen molar-refractivity contribution in [3.63, 3.8) is 0 Å². The first-order chi connectivity index (χ1) is 20.8. The molecule has 2 N–H and O–H groups in total. The summed E-state index contributed by atoms with van der Waals surface area (Å²) in [7, 11) is 0. The Kier molecular flexibility index (Phi) is 7.32. The number of carbonyl (C=O) groups excluding carboxylic acids is 2. The summed E-state index contributed by atoms with van der Waals surface area (Å²) >= 11 is 3.46. The van der Waals surface area contributed by atoms with Crippen molar-refractivity contribution >= 4 is 39.8 Å². The molecule has 1 aliphatic carbocycles. The molecule has 6 rings (SSSR count). The molecular formula is C34H32BrNO8. The van der Waals surface area contributed by atoms with E-state index in [1.54, 1.807) is 26.8 Å². The highest BCUT2D eigenvalue weighted by Crippen LogP contribution is 2.46. The van der Waals surface area contributed by atoms with E-state index in [0.29, 0.717) is 28.5 Å². The van der Waals surface area contributed by atoms with Crippen LogP contribution in [0.3, 0.4) is 0 Å². The van der Waals surface area contributed by atoms with E-state index in [-0.39, 0.29) is 27.9 Å². The second kappa shape index (κ2) is 10.7. The van der Waals surface area contributed by atoms with Gasteiger partial charge in [-0.3, -0.25) is 9.59 Å². The van der Waals surface area contributed by atoms with Crippen molar-refractivity contribution in [1.82, 2.24) is 4.90 Å². The zero-order chi connectivity index (χ0) is 31.8. The van der Waals surface area contributed by atoms with E-state index in [2.05, 4.69) is 22.5 Å². The van der Waals surface area contributed by atoms with Crippen molar-refractivity contribution in [3.05, 3.63) is 107 Å². The summed E-state index contributed by atoms with van der Waals surface area (Å²) in [5.41, 5.74) is 0.733. The Labute approximate surface area is 262 Å². The van der Waals surface area contributed by atoms with Gasteiger partial charge in [0.25, 0.3) is 0 Å². The zero-order valence-corrected chi connectivity index (χ0v) is 26.5. The zero-order valence-electron chi connectivity index (χ0n) is 24.9. The summed E-state index contributed by atoms with van der Waals surface area (Å²) < 4.78 is 18.4. The molecule has 228 valence electrons. The summed E-state index contributed by atoms with van der Waals surface area (Å²) in [6, 6.07) is 9.10. The van der Waals surface area contributed by atoms with E-state index < -0.39 is 41.6 Å². The molecule has 1 saturated heterocycles. The van der Waals surface area contributed by atoms with E-state index in [1.165, 1.54) is 6.07 Å². The molecule has 3 aliphatic heterocycles. The van der Waals surface area contributed by atoms with Crippen LogP contribution in [-0.4, -0.2) is 51.5 Å². The molecule has 0 saturated carbocycles. The third-order valence-electron chi connectivity index (χ3n) is 8.95. The number of aliphatic hydroxyl groups is 2. The summed E-state index contributed by atoms with van der Waals surface area (Å²) in [5, 5.41) is 24.0. The van der Waals surface area contributed by atoms with E-state index in [9.17, 15) is 24.6 Å². The Morgan fingerprint density at radius 1 is 1.23 bits per heavy atom. The Morgan fingerprint density at radius 3 is 2.57 bits per heavy atom. The molecule has 5 atom stereocenters. The van der Waals surface area contributed by atoms with Gasteiger partial charge < -0.3 is 29.3 Å². The van der Waals surface area contributed by atoms with Gasteiger partial charge in [0.2, 0.25) is 6.29 Å². The van der Waals surface area contributed by atoms with Crippen LogP contribution in [0.5, 0.6) is 5.75 Å². The largest absolute Gasteiger partial charge is 0.460 e. The molecule has 44 heavy (non-hydrogen) atoms. The van der Waals surface area contributed by atoms with Crippen LogP contribution in [0.1, 0.15) is 56.1 Å². The second-order valence-corrected chi connectivity index (χ2v) is 12.5. The Morgan fingerprint density at radius 2 is 1.91 bits per heavy atom. The molecule has 9 nitrogen and oxygen atoms in total. The van der Waals surface area contributed by atoms with Crippen molar-refractivity contribution in [2.75, 3.05) is 0 Å². The standard InChI is InChI=1S/C34H32BrNO8/c1-7-15(2)32(40)43-30-19(6)42-33-34(41,31(30)39)27-24(37)13-23-25(17(4)29(27)44-33)22-12-16(3)36(18(5)26(22)28(23)38)14-20-8-10-21(35)11-9-20/h7-13,19,30-31,33,39,41H,4,14H2,1-3,5-6H3. The Hall–Kier alpha value is -3.83. The van der Waals surface area contributed by atoms with Gasteiger partial charge in [0.15, 0.2) is 22.9 Å². The lowest BCUT2D eigenvalue weighted by Crippen LogP contribution is -2.64. The van der Waals surface area contributed by atoms with Crippen LogP contribution in [-0.2, 0) is 26.4 Å². The molecule has 3 heterocycles. The van der Waals surface area contributed by atoms with Gasteiger partial charge in [0, 0.05) is 49.6 Å². The van der Waals surface area contributed by atoms with E-state index in [0.717, 1.165) is 21.4 Å². The first-order valence-electron chi connectivity index (χ1n) is 14.3. The average Bonchev–Trinajstić information content (AvgIpc) is 3.40. The van der Waals surface area contributed by atoms with E-state index in [4.69, 9.17) is 14.2 Å². The third-order valence-corrected chi connectivity index (χ3v) is 9.48. The summed E-state index contributed by atoms with van der Waals surface area (Å²) in [6.45, 7) is 13.4. The van der Waals surface area contributed by atoms with Gasteiger partial charge in [0.1, 0.15) is 11.9 Å². The fourth-order valence-electron chi connectivity index (χ4n) is 6.41. The van der Waals surface area contributed by atoms with E-state index >= 15 is 0 Å². The SMILES string of the molecule is C=c1c2c(c(=O)cc3c1=C1C=C(C)N(Cc4ccc(Br)cc4)C(C)=C1C3=O)C1(O)C(O2)OC(C)C(OC(=O)C(C)=CC)C1O. The normalized spacial score (nSPS) is 27.3. The van der Waals surface area contributed by atoms with E-state index in [1.807, 2.05) is 49.1 Å². The molecule has 1 fully saturated rings. The minimum Gasteiger partial charge on any atom is -0.460 e. The number of esters is 1. The molecule has 0 bridgehead atoms. The number of ketones is 1. The quantitative estimate of drug-likeness (QED) is 0.376. The fraction of sp³-hybridized carbons (Fsp3) is 0.324. The lowest BCUT2D eigenvalue weighted by atomic mass is 9.82. The highest BCUT2D eigenvalue weighted by Gasteiger charge is 2.63. The number of nitrogens with zero attached hydrogens (tertiary/aromatic N) is 1. The average molecular weight is 663 g/mol. The molecular weight excluding hydrogens is 630 g/mol. The molecule has 2 aromatic carbocycles. The summed E-state index contributed by atoms with van der Waals surface area (Å²) in [6.07, 6.45) is -2.00. The lowest BCUT2D eigenvalue weighted by Gasteiger charge is -2.44. The monoisotopic (exact) mass is 661 g/mol. The lowest BCUT2D eigenvalue weighted by molar-refractivity contribution is -0.309. The highest BCUT2D eigenvalue weighted by molar-refractivity contribution is 9.10. The van der Waals surface area contributed by atoms with Crippen LogP contribution in [0.15, 0.2) is 74.3 Å². The van der Waals surface area contributed by atoms with Gasteiger partial charge in [-0.15, -0.1) is 0 Å². The molecule has 2 aromatic rings. The van der Waals surface area contributed by atoms with Crippen molar-refractivity contribution in [1.29, 1.82) is 0 Å². The number of Topliss-reactive ketones (excluding diaryl/α,β-unsaturated/α-hetero) is 1. The number of hydrogen-bond donors (Lipinski definition) is 2. The molecule has 0 amide bonds. The number of rotatable bonds is 4. The van der Waals surface area contributed by atoms with Gasteiger partial charge in [-0.2, -0.15) is 0 Å². The maximum absolute atomic E-state index is 14.0. The van der Waals surface area contributed by atoms with Gasteiger partial charge in [-0.05, 0) is 70.0 Å². The van der Waals surface area contributed by atoms with Gasteiger partial charge >= 0.3 is 5.97 Å². The smallest absolute Gasteiger partial charge is 0.333 e. The van der Waals surface area contributed by atoms with Crippen LogP contribution in [0, 0.1) is 0 Å². The first kappa shape index (κ1) is 30.2. The second-order valence-electron chi connectivity index (χ2n) is 11.6. The minimum atomic E-state index is -2.39. The predicted octanol–water partition coefficient (Wildman–Crippen LogP) is 2.82. The molecule has 0 radical (unpaired) electrons. The van der Waals surface area contributed by atoms with Crippen LogP contribution in [0.4, 0.5) is 0 Å². The molecule has 4 aliphatic rings. The number of halogens is 1. The van der Waals surface area contributed by atoms with Crippen LogP contribution >= 0.6 is 15.9 Å². The Bertz CT molecular complexity index is 1910. The molecule has 0 spiro atoms. The number of fused-ring (bicyclic) bond motifs is 5. The predicted molar refractivity (Wildman–Crippen MR) is 166 cm³/mol. The van der Waals surface area contributed by atoms with Crippen molar-refractivity contribution in [2.45, 2.75) is 71.4 Å². The van der Waals surface area contributed by atoms with Crippen molar-refractivity contribution in [2.24, 2.45) is 0 Å². The number of aliphatic hydroxyl groups excluding tert-OH is 1. The van der Waals surface area contributed by atoms with Crippen LogP contribution < -0.4 is 20.6 Å². The Balaban J connectivity index is 1.49. The van der Waals surface area contributed by atoms with Gasteiger partial charge in [-0.1, -0.05) is 40.7 Å². The molecule has 0 aromatic heterocycles. The topological polar surface area (TPSA) is 123 Å². The number of allylic oxidation sites excluding steroid dienone is 5. The van der Waals surface area contributed by atoms with Crippen molar-refractivity contribution in [3.8, 4) is 5.75 Å². The highest BCUT2D eigenvalue weighted by atomic mass is 79.9. The van der Waals surface area contributed by atoms with Gasteiger partial charge in [0.05, 0.1) is 11.7 Å². The maximum atomic E-state index is 14.0. The third kappa shape index (κ3) is 4.34. The number of benzene rings is 1. The minimum absolute atomic E-state index is 0.0749. The molecule has 5 unspecified atom stereocenters. The fourth-order valence-corrected chi connectivity index (χ4v) is 6.67. The first-order valence-corrected chi connectivity index (χ1v) is 15.1. The number of ether oxygens (including phenoxy) is 3. The maximum Gasteiger partial charge on any atom is 0.333 e. The number of carbonyl (C=O) groups is 2. The van der Waals surface area contributed by atoms with Crippen molar-refractivity contribution < 1.29 is 34.0 Å². The summed E-state index contributed by atoms with van der Waals surface area (Å²) in [4.78, 5) is 42.4. The molecule has 10 heteroatoms. The van der Waals surface area contributed by atoms with Gasteiger partial charge in [-0.25, -0.2) is 4.79 Å². The van der Waals surface area contributed by atoms with Crippen LogP contribution in [0.2, 0.25) is 0 Å². The summed E-state index contributed by atoms with van der Waals surface area (Å²) in [5.74, 6) is -1.12.